The van der Waals surface area contributed by atoms with Gasteiger partial charge in [-0.2, -0.15) is 0 Å². The molecule has 0 bridgehead atoms. The van der Waals surface area contributed by atoms with E-state index >= 15 is 0 Å². The molecule has 0 saturated heterocycles. The minimum Gasteiger partial charge on any atom is -0.396 e. The molecule has 1 heterocycles. The van der Waals surface area contributed by atoms with Gasteiger partial charge in [-0.15, -0.1) is 0 Å². The van der Waals surface area contributed by atoms with E-state index in [1.165, 1.54) is 12.1 Å². The average Bonchev–Trinajstić information content (AvgIpc) is 2.44. The largest absolute Gasteiger partial charge is 0.396 e. The Balaban J connectivity index is 2.01. The molecule has 7 nitrogen and oxygen atoms in total. The number of nitro groups is 1. The summed E-state index contributed by atoms with van der Waals surface area (Å²) in [5.74, 6) is 1.21. The van der Waals surface area contributed by atoms with Crippen LogP contribution in [0.1, 0.15) is 25.7 Å². The lowest BCUT2D eigenvalue weighted by Gasteiger charge is -2.30. The third-order valence-electron chi connectivity index (χ3n) is 3.89. The number of pyridine rings is 1. The van der Waals surface area contributed by atoms with Crippen molar-refractivity contribution in [1.82, 2.24) is 4.98 Å². The summed E-state index contributed by atoms with van der Waals surface area (Å²) in [6.45, 7) is 0.843. The van der Waals surface area contributed by atoms with Gasteiger partial charge in [-0.25, -0.2) is 4.98 Å². The van der Waals surface area contributed by atoms with E-state index in [0.29, 0.717) is 24.2 Å². The molecular formula is C13H20N4O3. The van der Waals surface area contributed by atoms with Gasteiger partial charge in [0.2, 0.25) is 0 Å². The molecule has 1 fully saturated rings. The number of nitrogens with two attached hydrogens (primary N) is 1. The van der Waals surface area contributed by atoms with Gasteiger partial charge in [-0.1, -0.05) is 12.8 Å². The van der Waals surface area contributed by atoms with Crippen LogP contribution in [0.2, 0.25) is 0 Å². The molecule has 1 aromatic rings. The molecular weight excluding hydrogens is 260 g/mol. The summed E-state index contributed by atoms with van der Waals surface area (Å²) in [7, 11) is 0. The van der Waals surface area contributed by atoms with Crippen LogP contribution < -0.4 is 11.1 Å². The van der Waals surface area contributed by atoms with Gasteiger partial charge < -0.3 is 16.2 Å². The van der Waals surface area contributed by atoms with Crippen LogP contribution in [0.15, 0.2) is 12.1 Å². The highest BCUT2D eigenvalue weighted by molar-refractivity contribution is 5.52. The molecule has 1 aliphatic carbocycles. The fourth-order valence-electron chi connectivity index (χ4n) is 2.76. The van der Waals surface area contributed by atoms with Gasteiger partial charge in [0.1, 0.15) is 11.6 Å². The van der Waals surface area contributed by atoms with Crippen molar-refractivity contribution in [2.45, 2.75) is 25.7 Å². The van der Waals surface area contributed by atoms with Crippen molar-refractivity contribution in [3.8, 4) is 0 Å². The maximum absolute atomic E-state index is 10.8. The summed E-state index contributed by atoms with van der Waals surface area (Å²) < 4.78 is 0. The summed E-state index contributed by atoms with van der Waals surface area (Å²) in [6.07, 6.45) is 4.41. The molecule has 2 atom stereocenters. The Bertz CT molecular complexity index is 481. The van der Waals surface area contributed by atoms with Gasteiger partial charge in [-0.3, -0.25) is 10.1 Å². The highest BCUT2D eigenvalue weighted by Gasteiger charge is 2.24. The Labute approximate surface area is 117 Å². The molecule has 1 aromatic heterocycles. The summed E-state index contributed by atoms with van der Waals surface area (Å²) >= 11 is 0. The van der Waals surface area contributed by atoms with Crippen molar-refractivity contribution in [2.24, 2.45) is 11.8 Å². The lowest BCUT2D eigenvalue weighted by atomic mass is 9.79. The van der Waals surface area contributed by atoms with E-state index in [4.69, 9.17) is 5.73 Å². The van der Waals surface area contributed by atoms with Crippen LogP contribution in [0.3, 0.4) is 0 Å². The maximum Gasteiger partial charge on any atom is 0.276 e. The number of nitrogen functional groups attached to an aromatic ring is 1. The first-order chi connectivity index (χ1) is 9.60. The highest BCUT2D eigenvalue weighted by Crippen LogP contribution is 2.30. The average molecular weight is 280 g/mol. The van der Waals surface area contributed by atoms with Gasteiger partial charge in [0, 0.05) is 13.2 Å². The molecule has 1 aliphatic rings. The molecule has 110 valence electrons. The van der Waals surface area contributed by atoms with Crippen LogP contribution in [0, 0.1) is 22.0 Å². The summed E-state index contributed by atoms with van der Waals surface area (Å²) in [6, 6.07) is 2.62. The predicted octanol–water partition coefficient (Wildman–Crippen LogP) is 1.78. The van der Waals surface area contributed by atoms with Gasteiger partial charge in [0.15, 0.2) is 0 Å². The minimum atomic E-state index is -0.486. The van der Waals surface area contributed by atoms with E-state index in [1.54, 1.807) is 0 Å². The lowest BCUT2D eigenvalue weighted by molar-refractivity contribution is -0.384. The molecule has 1 saturated carbocycles. The molecule has 20 heavy (non-hydrogen) atoms. The molecule has 0 amide bonds. The third kappa shape index (κ3) is 3.57. The number of aliphatic hydroxyl groups excluding tert-OH is 1. The van der Waals surface area contributed by atoms with E-state index in [-0.39, 0.29) is 18.1 Å². The molecule has 2 unspecified atom stereocenters. The fraction of sp³-hybridized carbons (Fsp3) is 0.615. The second-order valence-corrected chi connectivity index (χ2v) is 5.26. The normalized spacial score (nSPS) is 22.4. The Morgan fingerprint density at radius 2 is 2.10 bits per heavy atom. The van der Waals surface area contributed by atoms with E-state index in [9.17, 15) is 15.2 Å². The Morgan fingerprint density at radius 1 is 1.40 bits per heavy atom. The van der Waals surface area contributed by atoms with E-state index < -0.39 is 4.92 Å². The molecule has 0 spiro atoms. The van der Waals surface area contributed by atoms with Crippen molar-refractivity contribution in [2.75, 3.05) is 24.2 Å². The highest BCUT2D eigenvalue weighted by atomic mass is 16.6. The Morgan fingerprint density at radius 3 is 2.75 bits per heavy atom. The number of nitrogens with zero attached hydrogens (tertiary/aromatic N) is 2. The van der Waals surface area contributed by atoms with Crippen molar-refractivity contribution in [3.05, 3.63) is 22.2 Å². The second-order valence-electron chi connectivity index (χ2n) is 5.26. The number of aromatic nitrogens is 1. The van der Waals surface area contributed by atoms with E-state index in [2.05, 4.69) is 10.3 Å². The zero-order valence-corrected chi connectivity index (χ0v) is 11.3. The quantitative estimate of drug-likeness (QED) is 0.559. The number of rotatable bonds is 5. The van der Waals surface area contributed by atoms with Crippen LogP contribution in [-0.2, 0) is 0 Å². The number of anilines is 2. The van der Waals surface area contributed by atoms with Gasteiger partial charge in [-0.05, 0) is 24.7 Å². The second kappa shape index (κ2) is 6.51. The first-order valence-corrected chi connectivity index (χ1v) is 6.87. The topological polar surface area (TPSA) is 114 Å². The molecule has 4 N–H and O–H groups in total. The van der Waals surface area contributed by atoms with Crippen LogP contribution in [0.5, 0.6) is 0 Å². The van der Waals surface area contributed by atoms with Crippen LogP contribution in [0.25, 0.3) is 0 Å². The van der Waals surface area contributed by atoms with Gasteiger partial charge in [0.25, 0.3) is 5.69 Å². The molecule has 0 aliphatic heterocycles. The number of hydrogen-bond donors (Lipinski definition) is 3. The smallest absolute Gasteiger partial charge is 0.276 e. The van der Waals surface area contributed by atoms with Crippen LogP contribution >= 0.6 is 0 Å². The fourth-order valence-corrected chi connectivity index (χ4v) is 2.76. The molecule has 2 rings (SSSR count). The van der Waals surface area contributed by atoms with Crippen molar-refractivity contribution < 1.29 is 10.0 Å². The monoisotopic (exact) mass is 280 g/mol. The number of aliphatic hydroxyl groups is 1. The Kier molecular flexibility index (Phi) is 4.73. The summed E-state index contributed by atoms with van der Waals surface area (Å²) in [5.41, 5.74) is 5.50. The van der Waals surface area contributed by atoms with E-state index in [1.807, 2.05) is 0 Å². The van der Waals surface area contributed by atoms with Crippen LogP contribution in [0.4, 0.5) is 17.3 Å². The van der Waals surface area contributed by atoms with Gasteiger partial charge >= 0.3 is 0 Å². The molecule has 0 radical (unpaired) electrons. The first kappa shape index (κ1) is 14.5. The maximum atomic E-state index is 10.8. The molecule has 0 aromatic carbocycles. The number of nitrogens with one attached hydrogen (secondary N) is 1. The summed E-state index contributed by atoms with van der Waals surface area (Å²) in [5, 5.41) is 23.2. The van der Waals surface area contributed by atoms with Crippen molar-refractivity contribution in [3.63, 3.8) is 0 Å². The SMILES string of the molecule is Nc1cc([N+](=O)[O-])cc(NCC2CCCCC2CO)n1. The lowest BCUT2D eigenvalue weighted by Crippen LogP contribution is -2.28. The third-order valence-corrected chi connectivity index (χ3v) is 3.89. The van der Waals surface area contributed by atoms with Crippen LogP contribution in [-0.4, -0.2) is 28.2 Å². The van der Waals surface area contributed by atoms with Gasteiger partial charge in [0.05, 0.1) is 17.1 Å². The minimum absolute atomic E-state index is 0.0673. The predicted molar refractivity (Wildman–Crippen MR) is 76.3 cm³/mol. The molecule has 7 heteroatoms. The zero-order valence-electron chi connectivity index (χ0n) is 11.3. The zero-order chi connectivity index (χ0) is 14.5. The summed E-state index contributed by atoms with van der Waals surface area (Å²) in [4.78, 5) is 14.3. The van der Waals surface area contributed by atoms with Crippen molar-refractivity contribution >= 4 is 17.3 Å². The van der Waals surface area contributed by atoms with E-state index in [0.717, 1.165) is 25.7 Å². The first-order valence-electron chi connectivity index (χ1n) is 6.87. The standard InChI is InChI=1S/C13H20N4O3/c14-12-5-11(17(19)20)6-13(16-12)15-7-9-3-1-2-4-10(9)8-18/h5-6,9-10,18H,1-4,7-8H2,(H3,14,15,16). The Hall–Kier alpha value is -1.89. The number of hydrogen-bond acceptors (Lipinski definition) is 6. The van der Waals surface area contributed by atoms with Crippen molar-refractivity contribution in [1.29, 1.82) is 0 Å².